The lowest BCUT2D eigenvalue weighted by molar-refractivity contribution is 0.0728. The molecule has 3 heterocycles. The Bertz CT molecular complexity index is 973. The number of ether oxygens (including phenoxy) is 1. The van der Waals surface area contributed by atoms with Gasteiger partial charge < -0.3 is 4.74 Å². The second-order valence-electron chi connectivity index (χ2n) is 6.05. The van der Waals surface area contributed by atoms with Crippen molar-refractivity contribution in [3.63, 3.8) is 0 Å². The third kappa shape index (κ3) is 3.69. The first-order valence-electron chi connectivity index (χ1n) is 8.43. The Hall–Kier alpha value is -1.35. The van der Waals surface area contributed by atoms with Crippen LogP contribution in [0.25, 0.3) is 6.20 Å². The molecule has 138 valence electrons. The molecule has 0 spiro atoms. The summed E-state index contributed by atoms with van der Waals surface area (Å²) in [4.78, 5) is 17.5. The molecule has 26 heavy (non-hydrogen) atoms. The number of thioether (sulfide) groups is 1. The molecule has 9 heteroatoms. The largest absolute Gasteiger partial charge is 0.367 e. The van der Waals surface area contributed by atoms with E-state index in [-0.39, 0.29) is 16.0 Å². The van der Waals surface area contributed by atoms with Gasteiger partial charge in [-0.2, -0.15) is 0 Å². The van der Waals surface area contributed by atoms with Crippen LogP contribution in [0.1, 0.15) is 25.7 Å². The monoisotopic (exact) mass is 413 g/mol. The van der Waals surface area contributed by atoms with Crippen molar-refractivity contribution in [2.75, 3.05) is 6.61 Å². The average molecular weight is 414 g/mol. The van der Waals surface area contributed by atoms with E-state index in [0.29, 0.717) is 16.4 Å². The van der Waals surface area contributed by atoms with Gasteiger partial charge in [0.15, 0.2) is 0 Å². The summed E-state index contributed by atoms with van der Waals surface area (Å²) >= 11 is 8.72. The number of fused-ring (bicyclic) bond motifs is 1. The van der Waals surface area contributed by atoms with Crippen LogP contribution in [0.5, 0.6) is 0 Å². The summed E-state index contributed by atoms with van der Waals surface area (Å²) < 4.78 is 23.4. The summed E-state index contributed by atoms with van der Waals surface area (Å²) in [5.74, 6) is -0.504. The Balaban J connectivity index is 1.72. The van der Waals surface area contributed by atoms with Crippen LogP contribution < -0.4 is 9.67 Å². The van der Waals surface area contributed by atoms with Crippen LogP contribution in [0.2, 0.25) is 5.02 Å². The van der Waals surface area contributed by atoms with Crippen LogP contribution in [-0.2, 0) is 11.3 Å². The van der Waals surface area contributed by atoms with Crippen LogP contribution in [0.4, 0.5) is 10.1 Å². The number of hydrogen-bond acceptors (Lipinski definition) is 5. The molecule has 5 nitrogen and oxygen atoms in total. The van der Waals surface area contributed by atoms with E-state index in [0.717, 1.165) is 48.5 Å². The molecule has 2 aliphatic rings. The first kappa shape index (κ1) is 18.0. The van der Waals surface area contributed by atoms with Gasteiger partial charge in [0.2, 0.25) is 4.80 Å². The topological polar surface area (TPSA) is 48.5 Å². The normalized spacial score (nSPS) is 20.4. The van der Waals surface area contributed by atoms with E-state index in [1.165, 1.54) is 22.5 Å². The van der Waals surface area contributed by atoms with Crippen LogP contribution in [0, 0.1) is 5.82 Å². The minimum Gasteiger partial charge on any atom is -0.367 e. The fraction of sp³-hybridized carbons (Fsp3) is 0.412. The summed E-state index contributed by atoms with van der Waals surface area (Å²) in [6.07, 6.45) is 7.59. The fourth-order valence-electron chi connectivity index (χ4n) is 2.91. The summed E-state index contributed by atoms with van der Waals surface area (Å²) in [5, 5.41) is 0.350. The van der Waals surface area contributed by atoms with Crippen molar-refractivity contribution in [1.29, 1.82) is 0 Å². The van der Waals surface area contributed by atoms with Gasteiger partial charge in [0.1, 0.15) is 16.9 Å². The van der Waals surface area contributed by atoms with E-state index >= 15 is 0 Å². The van der Waals surface area contributed by atoms with E-state index < -0.39 is 5.82 Å². The zero-order valence-corrected chi connectivity index (χ0v) is 16.2. The van der Waals surface area contributed by atoms with Crippen molar-refractivity contribution in [2.24, 2.45) is 4.99 Å². The van der Waals surface area contributed by atoms with Crippen LogP contribution >= 0.6 is 34.7 Å². The van der Waals surface area contributed by atoms with Gasteiger partial charge in [-0.05, 0) is 49.2 Å². The molecule has 2 aromatic rings. The maximum Gasteiger partial charge on any atom is 0.329 e. The highest BCUT2D eigenvalue weighted by Crippen LogP contribution is 2.38. The molecule has 4 rings (SSSR count). The zero-order valence-electron chi connectivity index (χ0n) is 13.9. The van der Waals surface area contributed by atoms with Gasteiger partial charge in [-0.15, -0.1) is 0 Å². The molecule has 1 fully saturated rings. The van der Waals surface area contributed by atoms with Crippen molar-refractivity contribution < 1.29 is 9.13 Å². The third-order valence-electron chi connectivity index (χ3n) is 4.21. The summed E-state index contributed by atoms with van der Waals surface area (Å²) in [6, 6.07) is 2.92. The van der Waals surface area contributed by atoms with E-state index in [9.17, 15) is 9.18 Å². The summed E-state index contributed by atoms with van der Waals surface area (Å²) in [7, 11) is 0. The predicted molar refractivity (Wildman–Crippen MR) is 103 cm³/mol. The predicted octanol–water partition coefficient (Wildman–Crippen LogP) is 4.23. The number of nitrogens with zero attached hydrogens (tertiary/aromatic N) is 3. The van der Waals surface area contributed by atoms with Gasteiger partial charge in [-0.1, -0.05) is 29.4 Å². The number of hydrogen-bond donors (Lipinski definition) is 0. The molecule has 1 saturated heterocycles. The third-order valence-corrected chi connectivity index (χ3v) is 6.71. The zero-order chi connectivity index (χ0) is 18.1. The molecule has 0 N–H and O–H groups in total. The highest BCUT2D eigenvalue weighted by Gasteiger charge is 2.18. The first-order valence-corrected chi connectivity index (χ1v) is 10.5. The quantitative estimate of drug-likeness (QED) is 0.756. The molecule has 2 aliphatic heterocycles. The molecule has 1 atom stereocenters. The number of rotatable bonds is 3. The summed E-state index contributed by atoms with van der Waals surface area (Å²) in [5.41, 5.74) is 0.205. The SMILES string of the molecule is O=c1sc(=Nc2cc(SC3CCCCO3)c(Cl)cc2F)n2n1C=CCC2. The number of aromatic nitrogens is 2. The maximum absolute atomic E-state index is 14.4. The molecule has 0 bridgehead atoms. The number of allylic oxidation sites excluding steroid dienone is 1. The molecule has 0 aliphatic carbocycles. The Morgan fingerprint density at radius 2 is 2.27 bits per heavy atom. The Morgan fingerprint density at radius 3 is 3.08 bits per heavy atom. The highest BCUT2D eigenvalue weighted by atomic mass is 35.5. The molecule has 1 unspecified atom stereocenters. The van der Waals surface area contributed by atoms with Gasteiger partial charge >= 0.3 is 4.87 Å². The van der Waals surface area contributed by atoms with Gasteiger partial charge in [0.25, 0.3) is 0 Å². The van der Waals surface area contributed by atoms with Crippen LogP contribution in [-0.4, -0.2) is 21.4 Å². The first-order chi connectivity index (χ1) is 12.6. The number of benzene rings is 1. The molecule has 1 aromatic heterocycles. The number of halogens is 2. The van der Waals surface area contributed by atoms with Crippen molar-refractivity contribution in [3.05, 3.63) is 43.5 Å². The van der Waals surface area contributed by atoms with Crippen molar-refractivity contribution in [3.8, 4) is 0 Å². The Morgan fingerprint density at radius 1 is 1.38 bits per heavy atom. The second-order valence-corrected chi connectivity index (χ2v) is 8.58. The second kappa shape index (κ2) is 7.72. The fourth-order valence-corrected chi connectivity index (χ4v) is 5.11. The van der Waals surface area contributed by atoms with Crippen LogP contribution in [0.15, 0.2) is 32.9 Å². The molecular weight excluding hydrogens is 397 g/mol. The van der Waals surface area contributed by atoms with E-state index in [1.54, 1.807) is 16.9 Å². The van der Waals surface area contributed by atoms with Crippen LogP contribution in [0.3, 0.4) is 0 Å². The lowest BCUT2D eigenvalue weighted by atomic mass is 10.2. The molecule has 1 aromatic carbocycles. The highest BCUT2D eigenvalue weighted by molar-refractivity contribution is 7.99. The minimum atomic E-state index is -0.504. The molecular formula is C17H17ClFN3O2S2. The lowest BCUT2D eigenvalue weighted by Gasteiger charge is -2.22. The molecule has 0 radical (unpaired) electrons. The van der Waals surface area contributed by atoms with Gasteiger partial charge in [0, 0.05) is 24.2 Å². The van der Waals surface area contributed by atoms with E-state index in [1.807, 2.05) is 6.08 Å². The molecule has 0 amide bonds. The maximum atomic E-state index is 14.4. The van der Waals surface area contributed by atoms with Gasteiger partial charge in [-0.3, -0.25) is 9.48 Å². The van der Waals surface area contributed by atoms with E-state index in [2.05, 4.69) is 4.99 Å². The Labute approximate surface area is 162 Å². The minimum absolute atomic E-state index is 0.0253. The van der Waals surface area contributed by atoms with Crippen molar-refractivity contribution >= 4 is 46.6 Å². The summed E-state index contributed by atoms with van der Waals surface area (Å²) in [6.45, 7) is 1.38. The van der Waals surface area contributed by atoms with Gasteiger partial charge in [0.05, 0.1) is 5.02 Å². The Kier molecular flexibility index (Phi) is 5.35. The lowest BCUT2D eigenvalue weighted by Crippen LogP contribution is -2.26. The standard InChI is InChI=1S/C17H17ClFN3O2S2/c18-11-9-12(19)13(10-14(11)25-15-5-1-4-8-24-15)20-16-21-6-2-3-7-22(21)17(23)26-16/h3,7,9-10,15H,1-2,4-6,8H2. The molecule has 0 saturated carbocycles. The average Bonchev–Trinajstić information content (AvgIpc) is 2.96. The smallest absolute Gasteiger partial charge is 0.329 e. The van der Waals surface area contributed by atoms with Gasteiger partial charge in [-0.25, -0.2) is 14.1 Å². The van der Waals surface area contributed by atoms with Crippen molar-refractivity contribution in [2.45, 2.75) is 42.6 Å². The van der Waals surface area contributed by atoms with E-state index in [4.69, 9.17) is 16.3 Å². The van der Waals surface area contributed by atoms with Crippen molar-refractivity contribution in [1.82, 2.24) is 9.36 Å².